The highest BCUT2D eigenvalue weighted by molar-refractivity contribution is 6.00. The topological polar surface area (TPSA) is 91.5 Å². The van der Waals surface area contributed by atoms with E-state index in [0.29, 0.717) is 18.1 Å². The summed E-state index contributed by atoms with van der Waals surface area (Å²) in [5.74, 6) is 5.84. The van der Waals surface area contributed by atoms with Crippen LogP contribution in [0.3, 0.4) is 0 Å². The molecule has 21 heavy (non-hydrogen) atoms. The molecule has 0 spiro atoms. The average molecular weight is 286 g/mol. The van der Waals surface area contributed by atoms with Crippen LogP contribution in [0.1, 0.15) is 23.3 Å². The van der Waals surface area contributed by atoms with Crippen molar-refractivity contribution in [3.05, 3.63) is 36.0 Å². The lowest BCUT2D eigenvalue weighted by molar-refractivity contribution is 0.0672. The molecular formula is C15H18N4O2. The van der Waals surface area contributed by atoms with Crippen molar-refractivity contribution in [2.24, 2.45) is 5.84 Å². The van der Waals surface area contributed by atoms with Crippen molar-refractivity contribution in [1.29, 1.82) is 0 Å². The Morgan fingerprint density at radius 3 is 3.05 bits per heavy atom. The zero-order valence-corrected chi connectivity index (χ0v) is 11.6. The predicted octanol–water partition coefficient (Wildman–Crippen LogP) is 1.12. The van der Waals surface area contributed by atoms with Crippen molar-refractivity contribution in [3.8, 4) is 0 Å². The molecular weight excluding hydrogens is 268 g/mol. The molecule has 6 nitrogen and oxygen atoms in total. The minimum absolute atomic E-state index is 0.0126. The van der Waals surface area contributed by atoms with Crippen molar-refractivity contribution < 1.29 is 9.90 Å². The number of nitrogens with one attached hydrogen (secondary N) is 1. The van der Waals surface area contributed by atoms with Crippen LogP contribution in [0.4, 0.5) is 5.82 Å². The fourth-order valence-electron chi connectivity index (χ4n) is 2.86. The van der Waals surface area contributed by atoms with Crippen molar-refractivity contribution in [2.75, 3.05) is 18.6 Å². The number of fused-ring (bicyclic) bond motifs is 1. The van der Waals surface area contributed by atoms with E-state index in [2.05, 4.69) is 10.4 Å². The first kappa shape index (κ1) is 13.8. The molecule has 1 saturated heterocycles. The summed E-state index contributed by atoms with van der Waals surface area (Å²) in [7, 11) is 0. The number of nitrogens with two attached hydrogens (primary N) is 1. The van der Waals surface area contributed by atoms with Gasteiger partial charge in [0.05, 0.1) is 12.6 Å². The Hall–Kier alpha value is -2.18. The van der Waals surface area contributed by atoms with E-state index >= 15 is 0 Å². The number of aliphatic hydroxyl groups is 1. The van der Waals surface area contributed by atoms with Crippen molar-refractivity contribution in [2.45, 2.75) is 18.9 Å². The maximum atomic E-state index is 12.6. The van der Waals surface area contributed by atoms with Crippen molar-refractivity contribution in [3.63, 3.8) is 0 Å². The number of carbonyl (C=O) groups excluding carboxylic acids is 1. The van der Waals surface area contributed by atoms with Crippen molar-refractivity contribution in [1.82, 2.24) is 9.88 Å². The normalized spacial score (nSPS) is 18.2. The summed E-state index contributed by atoms with van der Waals surface area (Å²) in [6, 6.07) is 9.28. The Labute approximate surface area is 122 Å². The van der Waals surface area contributed by atoms with E-state index in [1.807, 2.05) is 24.3 Å². The van der Waals surface area contributed by atoms with Crippen LogP contribution in [0.5, 0.6) is 0 Å². The first-order chi connectivity index (χ1) is 10.2. The van der Waals surface area contributed by atoms with Gasteiger partial charge in [-0.1, -0.05) is 24.3 Å². The van der Waals surface area contributed by atoms with E-state index in [1.54, 1.807) is 11.0 Å². The van der Waals surface area contributed by atoms with E-state index < -0.39 is 0 Å². The second-order valence-corrected chi connectivity index (χ2v) is 5.20. The molecule has 0 aliphatic carbocycles. The Kier molecular flexibility index (Phi) is 3.72. The van der Waals surface area contributed by atoms with Crippen LogP contribution in [0.25, 0.3) is 10.8 Å². The molecule has 0 radical (unpaired) electrons. The number of aliphatic hydroxyl groups excluding tert-OH is 1. The molecule has 4 N–H and O–H groups in total. The quantitative estimate of drug-likeness (QED) is 0.581. The SMILES string of the molecule is NNc1nc(C(=O)N2CCCC2CO)cc2ccccc12. The number of rotatable bonds is 3. The van der Waals surface area contributed by atoms with Crippen molar-refractivity contribution >= 4 is 22.5 Å². The third-order valence-corrected chi connectivity index (χ3v) is 3.94. The molecule has 2 aromatic rings. The number of hydrogen-bond acceptors (Lipinski definition) is 5. The molecule has 1 atom stereocenters. The molecule has 1 aliphatic rings. The van der Waals surface area contributed by atoms with Gasteiger partial charge in [0, 0.05) is 11.9 Å². The second kappa shape index (κ2) is 5.67. The molecule has 1 aliphatic heterocycles. The molecule has 0 saturated carbocycles. The Morgan fingerprint density at radius 2 is 2.29 bits per heavy atom. The molecule has 3 rings (SSSR count). The van der Waals surface area contributed by atoms with Crippen LogP contribution in [-0.2, 0) is 0 Å². The standard InChI is InChI=1S/C15H18N4O2/c16-18-14-12-6-2-1-4-10(12)8-13(17-14)15(21)19-7-3-5-11(19)9-20/h1-2,4,6,8,11,20H,3,5,7,9,16H2,(H,17,18). The molecule has 110 valence electrons. The molecule has 0 bridgehead atoms. The lowest BCUT2D eigenvalue weighted by atomic mass is 10.1. The third kappa shape index (κ3) is 2.43. The van der Waals surface area contributed by atoms with Gasteiger partial charge in [0.1, 0.15) is 11.5 Å². The Balaban J connectivity index is 2.02. The van der Waals surface area contributed by atoms with E-state index in [0.717, 1.165) is 23.6 Å². The van der Waals surface area contributed by atoms with Gasteiger partial charge in [-0.15, -0.1) is 0 Å². The first-order valence-electron chi connectivity index (χ1n) is 7.03. The van der Waals surface area contributed by atoms with Gasteiger partial charge in [0.25, 0.3) is 5.91 Å². The minimum Gasteiger partial charge on any atom is -0.394 e. The van der Waals surface area contributed by atoms with Crippen LogP contribution in [0.15, 0.2) is 30.3 Å². The molecule has 6 heteroatoms. The van der Waals surface area contributed by atoms with E-state index in [-0.39, 0.29) is 18.6 Å². The number of amides is 1. The first-order valence-corrected chi connectivity index (χ1v) is 7.03. The molecule has 1 fully saturated rings. The summed E-state index contributed by atoms with van der Waals surface area (Å²) in [5, 5.41) is 11.1. The maximum Gasteiger partial charge on any atom is 0.272 e. The fraction of sp³-hybridized carbons (Fsp3) is 0.333. The van der Waals surface area contributed by atoms with Crippen LogP contribution < -0.4 is 11.3 Å². The third-order valence-electron chi connectivity index (χ3n) is 3.94. The molecule has 1 aromatic carbocycles. The van der Waals surface area contributed by atoms with Gasteiger partial charge in [-0.05, 0) is 24.3 Å². The van der Waals surface area contributed by atoms with Crippen LogP contribution in [0, 0.1) is 0 Å². The number of pyridine rings is 1. The van der Waals surface area contributed by atoms with Gasteiger partial charge >= 0.3 is 0 Å². The summed E-state index contributed by atoms with van der Waals surface area (Å²) in [6.45, 7) is 0.644. The Morgan fingerprint density at radius 1 is 1.48 bits per heavy atom. The average Bonchev–Trinajstić information content (AvgIpc) is 3.01. The minimum atomic E-state index is -0.159. The smallest absolute Gasteiger partial charge is 0.272 e. The van der Waals surface area contributed by atoms with E-state index in [1.165, 1.54) is 0 Å². The summed E-state index contributed by atoms with van der Waals surface area (Å²) in [6.07, 6.45) is 1.74. The Bertz CT molecular complexity index is 674. The van der Waals surface area contributed by atoms with Gasteiger partial charge in [-0.25, -0.2) is 10.8 Å². The monoisotopic (exact) mass is 286 g/mol. The lowest BCUT2D eigenvalue weighted by Crippen LogP contribution is -2.38. The molecule has 1 amide bonds. The maximum absolute atomic E-state index is 12.6. The summed E-state index contributed by atoms with van der Waals surface area (Å²) < 4.78 is 0. The number of carbonyl (C=O) groups is 1. The van der Waals surface area contributed by atoms with Gasteiger partial charge in [-0.2, -0.15) is 0 Å². The zero-order valence-electron chi connectivity index (χ0n) is 11.6. The largest absolute Gasteiger partial charge is 0.394 e. The summed E-state index contributed by atoms with van der Waals surface area (Å²) in [5.41, 5.74) is 2.90. The number of hydrogen-bond donors (Lipinski definition) is 3. The highest BCUT2D eigenvalue weighted by Crippen LogP contribution is 2.24. The van der Waals surface area contributed by atoms with Gasteiger partial charge in [-0.3, -0.25) is 4.79 Å². The summed E-state index contributed by atoms with van der Waals surface area (Å²) in [4.78, 5) is 18.6. The molecule has 1 aromatic heterocycles. The lowest BCUT2D eigenvalue weighted by Gasteiger charge is -2.23. The summed E-state index contributed by atoms with van der Waals surface area (Å²) >= 11 is 0. The van der Waals surface area contributed by atoms with E-state index in [9.17, 15) is 9.90 Å². The number of likely N-dealkylation sites (tertiary alicyclic amines) is 1. The zero-order chi connectivity index (χ0) is 14.8. The van der Waals surface area contributed by atoms with Crippen LogP contribution in [-0.4, -0.2) is 40.1 Å². The predicted molar refractivity (Wildman–Crippen MR) is 80.7 cm³/mol. The highest BCUT2D eigenvalue weighted by Gasteiger charge is 2.29. The molecule has 1 unspecified atom stereocenters. The second-order valence-electron chi connectivity index (χ2n) is 5.20. The number of hydrazine groups is 1. The van der Waals surface area contributed by atoms with Crippen LogP contribution >= 0.6 is 0 Å². The number of aromatic nitrogens is 1. The number of anilines is 1. The fourth-order valence-corrected chi connectivity index (χ4v) is 2.86. The van der Waals surface area contributed by atoms with Gasteiger partial charge in [0.2, 0.25) is 0 Å². The van der Waals surface area contributed by atoms with E-state index in [4.69, 9.17) is 5.84 Å². The molecule has 2 heterocycles. The van der Waals surface area contributed by atoms with Gasteiger partial charge < -0.3 is 15.4 Å². The number of nitrogen functional groups attached to an aromatic ring is 1. The number of nitrogens with zero attached hydrogens (tertiary/aromatic N) is 2. The van der Waals surface area contributed by atoms with Gasteiger partial charge in [0.15, 0.2) is 0 Å². The number of benzene rings is 1. The van der Waals surface area contributed by atoms with Crippen LogP contribution in [0.2, 0.25) is 0 Å². The highest BCUT2D eigenvalue weighted by atomic mass is 16.3.